The smallest absolute Gasteiger partial charge is 0.377 e. The van der Waals surface area contributed by atoms with Crippen molar-refractivity contribution in [2.24, 2.45) is 0 Å². The van der Waals surface area contributed by atoms with Crippen LogP contribution in [-0.2, 0) is 9.59 Å². The standard InChI is InChI=1S/C19H11Cl2NO3/c20-14-6-3-5-12(17(14)21)10-13(18(23)19(24)25)16-9-8-11-4-1-2-7-15(11)22-16/h1-10H,(H,24,25). The van der Waals surface area contributed by atoms with Gasteiger partial charge in [-0.3, -0.25) is 4.79 Å². The molecule has 1 heterocycles. The first-order valence-corrected chi connectivity index (χ1v) is 8.02. The van der Waals surface area contributed by atoms with Crippen molar-refractivity contribution in [2.45, 2.75) is 0 Å². The minimum atomic E-state index is -1.57. The quantitative estimate of drug-likeness (QED) is 0.531. The van der Waals surface area contributed by atoms with Crippen LogP contribution < -0.4 is 0 Å². The summed E-state index contributed by atoms with van der Waals surface area (Å²) < 4.78 is 0. The van der Waals surface area contributed by atoms with Gasteiger partial charge >= 0.3 is 5.97 Å². The fraction of sp³-hybridized carbons (Fsp3) is 0. The summed E-state index contributed by atoms with van der Waals surface area (Å²) in [5, 5.41) is 10.6. The number of carbonyl (C=O) groups excluding carboxylic acids is 1. The zero-order valence-electron chi connectivity index (χ0n) is 12.7. The van der Waals surface area contributed by atoms with Gasteiger partial charge in [0.15, 0.2) is 0 Å². The zero-order chi connectivity index (χ0) is 18.0. The van der Waals surface area contributed by atoms with Gasteiger partial charge < -0.3 is 5.11 Å². The van der Waals surface area contributed by atoms with E-state index in [9.17, 15) is 9.59 Å². The number of benzene rings is 2. The number of pyridine rings is 1. The molecule has 1 aromatic heterocycles. The van der Waals surface area contributed by atoms with Crippen LogP contribution >= 0.6 is 23.2 Å². The summed E-state index contributed by atoms with van der Waals surface area (Å²) in [5.74, 6) is -2.64. The van der Waals surface area contributed by atoms with Crippen LogP contribution in [0.5, 0.6) is 0 Å². The number of ketones is 1. The third kappa shape index (κ3) is 3.55. The van der Waals surface area contributed by atoms with E-state index in [2.05, 4.69) is 4.98 Å². The van der Waals surface area contributed by atoms with Gasteiger partial charge in [0.1, 0.15) is 0 Å². The lowest BCUT2D eigenvalue weighted by Gasteiger charge is -2.07. The molecule has 0 amide bonds. The second-order valence-electron chi connectivity index (χ2n) is 5.22. The molecule has 3 aromatic rings. The van der Waals surface area contributed by atoms with E-state index in [4.69, 9.17) is 28.3 Å². The highest BCUT2D eigenvalue weighted by Gasteiger charge is 2.21. The van der Waals surface area contributed by atoms with Crippen LogP contribution in [0.1, 0.15) is 11.3 Å². The molecular formula is C19H11Cl2NO3. The molecule has 124 valence electrons. The van der Waals surface area contributed by atoms with Gasteiger partial charge in [0.2, 0.25) is 0 Å². The number of halogens is 2. The van der Waals surface area contributed by atoms with Gasteiger partial charge in [-0.05, 0) is 29.8 Å². The Labute approximate surface area is 153 Å². The number of hydrogen-bond acceptors (Lipinski definition) is 3. The molecule has 3 rings (SSSR count). The minimum absolute atomic E-state index is 0.0672. The Morgan fingerprint density at radius 2 is 1.72 bits per heavy atom. The van der Waals surface area contributed by atoms with E-state index in [1.807, 2.05) is 18.2 Å². The van der Waals surface area contributed by atoms with Gasteiger partial charge in [0.05, 0.1) is 26.8 Å². The molecule has 0 radical (unpaired) electrons. The van der Waals surface area contributed by atoms with E-state index in [0.29, 0.717) is 16.1 Å². The minimum Gasteiger partial charge on any atom is -0.475 e. The second kappa shape index (κ2) is 7.05. The largest absolute Gasteiger partial charge is 0.475 e. The third-order valence-corrected chi connectivity index (χ3v) is 4.43. The van der Waals surface area contributed by atoms with Crippen molar-refractivity contribution in [3.05, 3.63) is 75.9 Å². The molecule has 0 unspecified atom stereocenters. The number of Topliss-reactive ketones (excluding diaryl/α,β-unsaturated/α-hetero) is 1. The van der Waals surface area contributed by atoms with Crippen molar-refractivity contribution < 1.29 is 14.7 Å². The van der Waals surface area contributed by atoms with Crippen molar-refractivity contribution >= 4 is 57.5 Å². The molecule has 1 N–H and O–H groups in total. The van der Waals surface area contributed by atoms with E-state index >= 15 is 0 Å². The average molecular weight is 372 g/mol. The number of nitrogens with zero attached hydrogens (tertiary/aromatic N) is 1. The molecule has 0 aliphatic heterocycles. The van der Waals surface area contributed by atoms with Crippen LogP contribution in [0.25, 0.3) is 22.6 Å². The molecule has 0 aliphatic rings. The maximum absolute atomic E-state index is 12.2. The van der Waals surface area contributed by atoms with E-state index < -0.39 is 11.8 Å². The van der Waals surface area contributed by atoms with Gasteiger partial charge in [-0.1, -0.05) is 59.6 Å². The number of carbonyl (C=O) groups is 2. The normalized spacial score (nSPS) is 11.5. The number of carboxylic acids is 1. The molecule has 4 nitrogen and oxygen atoms in total. The summed E-state index contributed by atoms with van der Waals surface area (Å²) in [6.07, 6.45) is 1.39. The fourth-order valence-corrected chi connectivity index (χ4v) is 2.74. The summed E-state index contributed by atoms with van der Waals surface area (Å²) in [6, 6.07) is 15.6. The van der Waals surface area contributed by atoms with Crippen LogP contribution in [0.3, 0.4) is 0 Å². The van der Waals surface area contributed by atoms with Crippen molar-refractivity contribution in [3.63, 3.8) is 0 Å². The predicted octanol–water partition coefficient (Wildman–Crippen LogP) is 4.74. The summed E-state index contributed by atoms with van der Waals surface area (Å²) in [7, 11) is 0. The molecule has 0 saturated heterocycles. The summed E-state index contributed by atoms with van der Waals surface area (Å²) in [6.45, 7) is 0. The summed E-state index contributed by atoms with van der Waals surface area (Å²) in [5.41, 5.74) is 1.28. The zero-order valence-corrected chi connectivity index (χ0v) is 14.3. The van der Waals surface area contributed by atoms with Crippen molar-refractivity contribution in [2.75, 3.05) is 0 Å². The highest BCUT2D eigenvalue weighted by atomic mass is 35.5. The number of aliphatic carboxylic acids is 1. The van der Waals surface area contributed by atoms with Crippen molar-refractivity contribution in [3.8, 4) is 0 Å². The van der Waals surface area contributed by atoms with Gasteiger partial charge in [0.25, 0.3) is 5.78 Å². The Morgan fingerprint density at radius 1 is 0.960 bits per heavy atom. The Balaban J connectivity index is 2.20. The van der Waals surface area contributed by atoms with E-state index in [1.165, 1.54) is 6.08 Å². The molecule has 6 heteroatoms. The topological polar surface area (TPSA) is 67.3 Å². The molecule has 25 heavy (non-hydrogen) atoms. The molecule has 0 fully saturated rings. The predicted molar refractivity (Wildman–Crippen MR) is 98.7 cm³/mol. The highest BCUT2D eigenvalue weighted by Crippen LogP contribution is 2.29. The van der Waals surface area contributed by atoms with Crippen LogP contribution in [0.15, 0.2) is 54.6 Å². The SMILES string of the molecule is O=C(O)C(=O)C(=Cc1cccc(Cl)c1Cl)c1ccc2ccccc2n1. The van der Waals surface area contributed by atoms with Gasteiger partial charge in [-0.15, -0.1) is 0 Å². The lowest BCUT2D eigenvalue weighted by atomic mass is 10.0. The van der Waals surface area contributed by atoms with E-state index in [0.717, 1.165) is 5.39 Å². The maximum atomic E-state index is 12.2. The van der Waals surface area contributed by atoms with Crippen LogP contribution in [0, 0.1) is 0 Å². The summed E-state index contributed by atoms with van der Waals surface area (Å²) in [4.78, 5) is 27.8. The molecule has 2 aromatic carbocycles. The number of rotatable bonds is 4. The van der Waals surface area contributed by atoms with Crippen LogP contribution in [-0.4, -0.2) is 21.8 Å². The number of hydrogen-bond donors (Lipinski definition) is 1. The lowest BCUT2D eigenvalue weighted by molar-refractivity contribution is -0.146. The van der Waals surface area contributed by atoms with Crippen molar-refractivity contribution in [1.29, 1.82) is 0 Å². The van der Waals surface area contributed by atoms with Gasteiger partial charge in [-0.25, -0.2) is 9.78 Å². The molecule has 0 saturated carbocycles. The van der Waals surface area contributed by atoms with Crippen molar-refractivity contribution in [1.82, 2.24) is 4.98 Å². The Morgan fingerprint density at radius 3 is 2.48 bits per heavy atom. The van der Waals surface area contributed by atoms with Crippen LogP contribution in [0.4, 0.5) is 0 Å². The Bertz CT molecular complexity index is 1030. The molecule has 0 bridgehead atoms. The fourth-order valence-electron chi connectivity index (χ4n) is 2.37. The number of aromatic nitrogens is 1. The molecule has 0 atom stereocenters. The number of para-hydroxylation sites is 1. The molecule has 0 spiro atoms. The first-order chi connectivity index (χ1) is 12.0. The second-order valence-corrected chi connectivity index (χ2v) is 6.01. The molecular weight excluding hydrogens is 361 g/mol. The maximum Gasteiger partial charge on any atom is 0.377 e. The van der Waals surface area contributed by atoms with E-state index in [-0.39, 0.29) is 16.3 Å². The van der Waals surface area contributed by atoms with Crippen LogP contribution in [0.2, 0.25) is 10.0 Å². The number of fused-ring (bicyclic) bond motifs is 1. The molecule has 0 aliphatic carbocycles. The third-order valence-electron chi connectivity index (χ3n) is 3.59. The van der Waals surface area contributed by atoms with E-state index in [1.54, 1.807) is 36.4 Å². The first-order valence-electron chi connectivity index (χ1n) is 7.27. The highest BCUT2D eigenvalue weighted by molar-refractivity contribution is 6.53. The lowest BCUT2D eigenvalue weighted by Crippen LogP contribution is -2.15. The first kappa shape index (κ1) is 17.1. The monoisotopic (exact) mass is 371 g/mol. The van der Waals surface area contributed by atoms with Gasteiger partial charge in [0, 0.05) is 5.39 Å². The summed E-state index contributed by atoms with van der Waals surface area (Å²) >= 11 is 12.1. The van der Waals surface area contributed by atoms with Gasteiger partial charge in [-0.2, -0.15) is 0 Å². The Kier molecular flexibility index (Phi) is 4.83. The Hall–Kier alpha value is -2.69. The number of carboxylic acid groups (broad SMARTS) is 1. The average Bonchev–Trinajstić information content (AvgIpc) is 2.62.